The molecule has 1 N–H and O–H groups in total. The highest BCUT2D eigenvalue weighted by molar-refractivity contribution is 5.86. The molecule has 2 aromatic rings. The van der Waals surface area contributed by atoms with E-state index in [9.17, 15) is 4.79 Å². The summed E-state index contributed by atoms with van der Waals surface area (Å²) >= 11 is 0. The van der Waals surface area contributed by atoms with Gasteiger partial charge in [-0.05, 0) is 12.1 Å². The van der Waals surface area contributed by atoms with Crippen LogP contribution in [0.5, 0.6) is 0 Å². The van der Waals surface area contributed by atoms with Crippen molar-refractivity contribution >= 4 is 16.7 Å². The van der Waals surface area contributed by atoms with Crippen molar-refractivity contribution in [3.63, 3.8) is 0 Å². The van der Waals surface area contributed by atoms with Crippen molar-refractivity contribution in [2.75, 3.05) is 0 Å². The fraction of sp³-hybridized carbons (Fsp3) is 0.100. The van der Waals surface area contributed by atoms with Crippen LogP contribution in [0, 0.1) is 0 Å². The number of hydrogen-bond donors (Lipinski definition) is 1. The van der Waals surface area contributed by atoms with Crippen LogP contribution in [0.4, 0.5) is 0 Å². The van der Waals surface area contributed by atoms with E-state index in [1.54, 1.807) is 24.7 Å². The van der Waals surface area contributed by atoms with Crippen molar-refractivity contribution in [3.05, 3.63) is 36.4 Å². The maximum atomic E-state index is 10.6. The highest BCUT2D eigenvalue weighted by Crippen LogP contribution is 2.15. The van der Waals surface area contributed by atoms with Crippen molar-refractivity contribution in [3.8, 4) is 0 Å². The predicted molar refractivity (Wildman–Crippen MR) is 50.9 cm³/mol. The van der Waals surface area contributed by atoms with Gasteiger partial charge < -0.3 is 5.11 Å². The van der Waals surface area contributed by atoms with Gasteiger partial charge in [-0.1, -0.05) is 0 Å². The number of aliphatic carboxylic acids is 1. The summed E-state index contributed by atoms with van der Waals surface area (Å²) in [6.45, 7) is 0. The lowest BCUT2D eigenvalue weighted by Crippen LogP contribution is -2.02. The van der Waals surface area contributed by atoms with Gasteiger partial charge in [-0.25, -0.2) is 0 Å². The Labute approximate surface area is 80.2 Å². The lowest BCUT2D eigenvalue weighted by Gasteiger charge is -2.01. The molecule has 0 amide bonds. The van der Waals surface area contributed by atoms with Crippen LogP contribution in [0.3, 0.4) is 0 Å². The third-order valence-electron chi connectivity index (χ3n) is 1.97. The standard InChI is InChI=1S/C10H8N2O2/c13-10(14)5-9-8-2-3-11-6-7(8)1-4-12-9/h1-4,6H,5H2,(H,13,14). The van der Waals surface area contributed by atoms with E-state index in [2.05, 4.69) is 9.97 Å². The average molecular weight is 188 g/mol. The van der Waals surface area contributed by atoms with E-state index in [0.717, 1.165) is 10.8 Å². The molecule has 4 heteroatoms. The second-order valence-corrected chi connectivity index (χ2v) is 2.92. The normalized spacial score (nSPS) is 10.3. The Balaban J connectivity index is 2.59. The molecule has 0 atom stereocenters. The molecule has 0 bridgehead atoms. The second-order valence-electron chi connectivity index (χ2n) is 2.92. The number of fused-ring (bicyclic) bond motifs is 1. The van der Waals surface area contributed by atoms with Gasteiger partial charge in [0.05, 0.1) is 12.1 Å². The summed E-state index contributed by atoms with van der Waals surface area (Å²) in [5.74, 6) is -0.873. The van der Waals surface area contributed by atoms with Gasteiger partial charge in [0.2, 0.25) is 0 Å². The first-order valence-corrected chi connectivity index (χ1v) is 4.17. The van der Waals surface area contributed by atoms with Crippen LogP contribution in [0.2, 0.25) is 0 Å². The lowest BCUT2D eigenvalue weighted by molar-refractivity contribution is -0.136. The van der Waals surface area contributed by atoms with Crippen molar-refractivity contribution in [1.29, 1.82) is 0 Å². The molecular weight excluding hydrogens is 180 g/mol. The van der Waals surface area contributed by atoms with Crippen LogP contribution in [0.1, 0.15) is 5.69 Å². The zero-order valence-corrected chi connectivity index (χ0v) is 7.34. The molecule has 4 nitrogen and oxygen atoms in total. The molecule has 2 heterocycles. The van der Waals surface area contributed by atoms with Crippen molar-refractivity contribution < 1.29 is 9.90 Å². The van der Waals surface area contributed by atoms with E-state index >= 15 is 0 Å². The molecule has 0 fully saturated rings. The van der Waals surface area contributed by atoms with Gasteiger partial charge in [-0.2, -0.15) is 0 Å². The number of carboxylic acids is 1. The van der Waals surface area contributed by atoms with E-state index < -0.39 is 5.97 Å². The number of carbonyl (C=O) groups is 1. The van der Waals surface area contributed by atoms with Crippen LogP contribution in [0.25, 0.3) is 10.8 Å². The smallest absolute Gasteiger partial charge is 0.309 e. The van der Waals surface area contributed by atoms with E-state index in [4.69, 9.17) is 5.11 Å². The van der Waals surface area contributed by atoms with Crippen LogP contribution in [0.15, 0.2) is 30.7 Å². The quantitative estimate of drug-likeness (QED) is 0.770. The van der Waals surface area contributed by atoms with Gasteiger partial charge in [0.15, 0.2) is 0 Å². The highest BCUT2D eigenvalue weighted by Gasteiger charge is 2.05. The molecule has 0 aliphatic carbocycles. The maximum absolute atomic E-state index is 10.6. The Hall–Kier alpha value is -1.97. The summed E-state index contributed by atoms with van der Waals surface area (Å²) in [7, 11) is 0. The second kappa shape index (κ2) is 3.41. The van der Waals surface area contributed by atoms with Gasteiger partial charge in [0.1, 0.15) is 0 Å². The molecule has 14 heavy (non-hydrogen) atoms. The maximum Gasteiger partial charge on any atom is 0.309 e. The third kappa shape index (κ3) is 1.54. The first kappa shape index (κ1) is 8.62. The Morgan fingerprint density at radius 1 is 1.36 bits per heavy atom. The molecule has 2 aromatic heterocycles. The highest BCUT2D eigenvalue weighted by atomic mass is 16.4. The number of nitrogens with zero attached hydrogens (tertiary/aromatic N) is 2. The Bertz CT molecular complexity index is 477. The summed E-state index contributed by atoms with van der Waals surface area (Å²) < 4.78 is 0. The van der Waals surface area contributed by atoms with Gasteiger partial charge >= 0.3 is 5.97 Å². The molecule has 0 saturated heterocycles. The summed E-state index contributed by atoms with van der Waals surface area (Å²) in [5, 5.41) is 10.4. The van der Waals surface area contributed by atoms with Crippen LogP contribution >= 0.6 is 0 Å². The first-order chi connectivity index (χ1) is 6.77. The monoisotopic (exact) mass is 188 g/mol. The molecule has 0 spiro atoms. The summed E-state index contributed by atoms with van der Waals surface area (Å²) in [6.07, 6.45) is 4.88. The largest absolute Gasteiger partial charge is 0.481 e. The number of rotatable bonds is 2. The number of carboxylic acid groups (broad SMARTS) is 1. The van der Waals surface area contributed by atoms with E-state index in [-0.39, 0.29) is 6.42 Å². The van der Waals surface area contributed by atoms with Crippen LogP contribution in [-0.4, -0.2) is 21.0 Å². The van der Waals surface area contributed by atoms with Crippen molar-refractivity contribution in [1.82, 2.24) is 9.97 Å². The Morgan fingerprint density at radius 2 is 2.21 bits per heavy atom. The molecule has 0 aromatic carbocycles. The molecule has 70 valence electrons. The van der Waals surface area contributed by atoms with Crippen LogP contribution in [-0.2, 0) is 11.2 Å². The molecule has 0 aliphatic rings. The van der Waals surface area contributed by atoms with E-state index in [1.165, 1.54) is 0 Å². The Kier molecular flexibility index (Phi) is 2.10. The molecular formula is C10H8N2O2. The molecule has 0 aliphatic heterocycles. The molecule has 0 radical (unpaired) electrons. The zero-order chi connectivity index (χ0) is 9.97. The topological polar surface area (TPSA) is 63.1 Å². The fourth-order valence-electron chi connectivity index (χ4n) is 1.36. The third-order valence-corrected chi connectivity index (χ3v) is 1.97. The van der Waals surface area contributed by atoms with E-state index in [1.807, 2.05) is 6.07 Å². The summed E-state index contributed by atoms with van der Waals surface area (Å²) in [6, 6.07) is 3.59. The fourth-order valence-corrected chi connectivity index (χ4v) is 1.36. The van der Waals surface area contributed by atoms with Crippen molar-refractivity contribution in [2.24, 2.45) is 0 Å². The SMILES string of the molecule is O=C(O)Cc1nccc2cnccc12. The molecule has 0 saturated carbocycles. The number of aromatic nitrogens is 2. The minimum absolute atomic E-state index is 0.0542. The zero-order valence-electron chi connectivity index (χ0n) is 7.34. The molecule has 2 rings (SSSR count). The number of pyridine rings is 2. The minimum atomic E-state index is -0.873. The minimum Gasteiger partial charge on any atom is -0.481 e. The predicted octanol–water partition coefficient (Wildman–Crippen LogP) is 1.26. The van der Waals surface area contributed by atoms with Crippen LogP contribution < -0.4 is 0 Å². The van der Waals surface area contributed by atoms with Gasteiger partial charge in [-0.3, -0.25) is 14.8 Å². The van der Waals surface area contributed by atoms with Gasteiger partial charge in [0, 0.05) is 29.4 Å². The van der Waals surface area contributed by atoms with Gasteiger partial charge in [-0.15, -0.1) is 0 Å². The van der Waals surface area contributed by atoms with Crippen molar-refractivity contribution in [2.45, 2.75) is 6.42 Å². The summed E-state index contributed by atoms with van der Waals surface area (Å²) in [5.41, 5.74) is 0.581. The lowest BCUT2D eigenvalue weighted by atomic mass is 10.1. The van der Waals surface area contributed by atoms with Gasteiger partial charge in [0.25, 0.3) is 0 Å². The van der Waals surface area contributed by atoms with E-state index in [0.29, 0.717) is 5.69 Å². The molecule has 0 unspecified atom stereocenters. The first-order valence-electron chi connectivity index (χ1n) is 4.17. The number of hydrogen-bond acceptors (Lipinski definition) is 3. The Morgan fingerprint density at radius 3 is 3.00 bits per heavy atom. The summed E-state index contributed by atoms with van der Waals surface area (Å²) in [4.78, 5) is 18.6. The average Bonchev–Trinajstić information content (AvgIpc) is 2.18.